The predicted octanol–water partition coefficient (Wildman–Crippen LogP) is 0.771. The van der Waals surface area contributed by atoms with E-state index in [1.807, 2.05) is 17.9 Å². The predicted molar refractivity (Wildman–Crippen MR) is 91.4 cm³/mol. The third-order valence-electron chi connectivity index (χ3n) is 3.91. The molecule has 1 aromatic carbocycles. The van der Waals surface area contributed by atoms with Crippen molar-refractivity contribution in [2.24, 2.45) is 4.99 Å². The second-order valence-corrected chi connectivity index (χ2v) is 5.76. The van der Waals surface area contributed by atoms with Crippen molar-refractivity contribution in [3.8, 4) is 0 Å². The minimum absolute atomic E-state index is 0.0850. The summed E-state index contributed by atoms with van der Waals surface area (Å²) in [5, 5.41) is 6.26. The second kappa shape index (κ2) is 8.53. The van der Waals surface area contributed by atoms with Gasteiger partial charge in [0.15, 0.2) is 5.96 Å². The van der Waals surface area contributed by atoms with Crippen LogP contribution in [0.1, 0.15) is 18.1 Å². The van der Waals surface area contributed by atoms with E-state index in [2.05, 4.69) is 33.8 Å². The summed E-state index contributed by atoms with van der Waals surface area (Å²) < 4.78 is 5.08. The van der Waals surface area contributed by atoms with Crippen molar-refractivity contribution in [1.82, 2.24) is 15.5 Å². The lowest BCUT2D eigenvalue weighted by Crippen LogP contribution is -2.48. The summed E-state index contributed by atoms with van der Waals surface area (Å²) in [4.78, 5) is 18.4. The van der Waals surface area contributed by atoms with Gasteiger partial charge in [-0.3, -0.25) is 9.79 Å². The van der Waals surface area contributed by atoms with Crippen molar-refractivity contribution >= 4 is 11.9 Å². The van der Waals surface area contributed by atoms with Gasteiger partial charge in [0.1, 0.15) is 0 Å². The summed E-state index contributed by atoms with van der Waals surface area (Å²) in [5.74, 6) is 0.696. The smallest absolute Gasteiger partial charge is 0.242 e. The fourth-order valence-electron chi connectivity index (χ4n) is 2.70. The zero-order valence-electron chi connectivity index (χ0n) is 14.1. The maximum atomic E-state index is 12.4. The van der Waals surface area contributed by atoms with E-state index in [0.717, 1.165) is 13.0 Å². The minimum Gasteiger partial charge on any atom is -0.383 e. The molecule has 1 aromatic rings. The number of hydrogen-bond donors (Lipinski definition) is 2. The molecule has 0 saturated heterocycles. The van der Waals surface area contributed by atoms with Crippen molar-refractivity contribution in [1.29, 1.82) is 0 Å². The zero-order valence-corrected chi connectivity index (χ0v) is 14.1. The molecule has 126 valence electrons. The van der Waals surface area contributed by atoms with E-state index in [1.165, 1.54) is 11.1 Å². The van der Waals surface area contributed by atoms with Gasteiger partial charge in [-0.2, -0.15) is 0 Å². The van der Waals surface area contributed by atoms with E-state index >= 15 is 0 Å². The number of aliphatic imine (C=N–C) groups is 1. The number of methoxy groups -OCH3 is 1. The number of hydrogen-bond acceptors (Lipinski definition) is 3. The highest BCUT2D eigenvalue weighted by Crippen LogP contribution is 2.18. The van der Waals surface area contributed by atoms with Gasteiger partial charge in [-0.15, -0.1) is 0 Å². The second-order valence-electron chi connectivity index (χ2n) is 5.76. The molecule has 6 nitrogen and oxygen atoms in total. The summed E-state index contributed by atoms with van der Waals surface area (Å²) in [6.45, 7) is 4.27. The largest absolute Gasteiger partial charge is 0.383 e. The first kappa shape index (κ1) is 17.3. The van der Waals surface area contributed by atoms with Crippen LogP contribution >= 0.6 is 0 Å². The van der Waals surface area contributed by atoms with Crippen LogP contribution in [0.2, 0.25) is 0 Å². The molecule has 0 aromatic heterocycles. The summed E-state index contributed by atoms with van der Waals surface area (Å²) in [5.41, 5.74) is 2.58. The van der Waals surface area contributed by atoms with Gasteiger partial charge in [0.2, 0.25) is 5.91 Å². The summed E-state index contributed by atoms with van der Waals surface area (Å²) >= 11 is 0. The number of amides is 1. The molecule has 0 saturated carbocycles. The summed E-state index contributed by atoms with van der Waals surface area (Å²) in [6, 6.07) is 8.43. The number of benzene rings is 1. The monoisotopic (exact) mass is 318 g/mol. The molecule has 1 unspecified atom stereocenters. The molecular weight excluding hydrogens is 292 g/mol. The van der Waals surface area contributed by atoms with E-state index in [-0.39, 0.29) is 18.5 Å². The van der Waals surface area contributed by atoms with Crippen LogP contribution < -0.4 is 10.6 Å². The molecule has 1 heterocycles. The molecule has 1 aliphatic rings. The SMILES string of the molecule is CN=C(NCC(=O)N1CCc2ccccc2C1)NC(C)COC. The first-order valence-corrected chi connectivity index (χ1v) is 7.94. The Labute approximate surface area is 137 Å². The average molecular weight is 318 g/mol. The lowest BCUT2D eigenvalue weighted by atomic mass is 10.00. The number of fused-ring (bicyclic) bond motifs is 1. The molecule has 1 amide bonds. The normalized spacial score (nSPS) is 15.8. The highest BCUT2D eigenvalue weighted by atomic mass is 16.5. The lowest BCUT2D eigenvalue weighted by molar-refractivity contribution is -0.130. The van der Waals surface area contributed by atoms with E-state index < -0.39 is 0 Å². The molecule has 0 fully saturated rings. The van der Waals surface area contributed by atoms with Crippen molar-refractivity contribution in [2.45, 2.75) is 25.9 Å². The molecule has 1 aliphatic heterocycles. The van der Waals surface area contributed by atoms with Crippen molar-refractivity contribution in [3.63, 3.8) is 0 Å². The Kier molecular flexibility index (Phi) is 6.40. The topological polar surface area (TPSA) is 66.0 Å². The molecule has 0 aliphatic carbocycles. The molecule has 23 heavy (non-hydrogen) atoms. The first-order valence-electron chi connectivity index (χ1n) is 7.94. The molecule has 6 heteroatoms. The number of nitrogens with zero attached hydrogens (tertiary/aromatic N) is 2. The fraction of sp³-hybridized carbons (Fsp3) is 0.529. The van der Waals surface area contributed by atoms with Crippen LogP contribution in [-0.2, 0) is 22.5 Å². The minimum atomic E-state index is 0.0850. The Morgan fingerprint density at radius 3 is 2.83 bits per heavy atom. The Morgan fingerprint density at radius 1 is 1.39 bits per heavy atom. The van der Waals surface area contributed by atoms with Gasteiger partial charge < -0.3 is 20.3 Å². The van der Waals surface area contributed by atoms with Gasteiger partial charge in [0.05, 0.1) is 13.2 Å². The van der Waals surface area contributed by atoms with E-state index in [9.17, 15) is 4.79 Å². The van der Waals surface area contributed by atoms with E-state index in [1.54, 1.807) is 14.2 Å². The van der Waals surface area contributed by atoms with E-state index in [4.69, 9.17) is 4.74 Å². The van der Waals surface area contributed by atoms with Crippen LogP contribution in [0.15, 0.2) is 29.3 Å². The van der Waals surface area contributed by atoms with Crippen molar-refractivity contribution < 1.29 is 9.53 Å². The molecule has 2 rings (SSSR count). The van der Waals surface area contributed by atoms with Gasteiger partial charge in [0.25, 0.3) is 0 Å². The molecule has 0 bridgehead atoms. The Bertz CT molecular complexity index is 559. The van der Waals surface area contributed by atoms with Gasteiger partial charge in [-0.25, -0.2) is 0 Å². The molecule has 0 radical (unpaired) electrons. The van der Waals surface area contributed by atoms with E-state index in [0.29, 0.717) is 19.1 Å². The molecular formula is C17H26N4O2. The maximum absolute atomic E-state index is 12.4. The van der Waals surface area contributed by atoms with Crippen LogP contribution in [0, 0.1) is 0 Å². The van der Waals surface area contributed by atoms with Gasteiger partial charge >= 0.3 is 0 Å². The van der Waals surface area contributed by atoms with Gasteiger partial charge in [0, 0.05) is 33.3 Å². The Hall–Kier alpha value is -2.08. The van der Waals surface area contributed by atoms with Gasteiger partial charge in [-0.05, 0) is 24.5 Å². The van der Waals surface area contributed by atoms with Crippen LogP contribution in [0.3, 0.4) is 0 Å². The van der Waals surface area contributed by atoms with Crippen LogP contribution in [0.5, 0.6) is 0 Å². The molecule has 0 spiro atoms. The number of carbonyl (C=O) groups excluding carboxylic acids is 1. The number of carbonyl (C=O) groups is 1. The van der Waals surface area contributed by atoms with Crippen molar-refractivity contribution in [2.75, 3.05) is 33.9 Å². The first-order chi connectivity index (χ1) is 11.1. The summed E-state index contributed by atoms with van der Waals surface area (Å²) in [7, 11) is 3.35. The number of guanidine groups is 1. The molecule has 2 N–H and O–H groups in total. The Balaban J connectivity index is 1.83. The van der Waals surface area contributed by atoms with Crippen LogP contribution in [0.25, 0.3) is 0 Å². The van der Waals surface area contributed by atoms with Crippen LogP contribution in [0.4, 0.5) is 0 Å². The third kappa shape index (κ3) is 4.96. The Morgan fingerprint density at radius 2 is 2.13 bits per heavy atom. The maximum Gasteiger partial charge on any atom is 0.242 e. The lowest BCUT2D eigenvalue weighted by Gasteiger charge is -2.29. The highest BCUT2D eigenvalue weighted by Gasteiger charge is 2.20. The third-order valence-corrected chi connectivity index (χ3v) is 3.91. The number of ether oxygens (including phenoxy) is 1. The highest BCUT2D eigenvalue weighted by molar-refractivity contribution is 5.86. The fourth-order valence-corrected chi connectivity index (χ4v) is 2.70. The molecule has 1 atom stereocenters. The van der Waals surface area contributed by atoms with Crippen molar-refractivity contribution in [3.05, 3.63) is 35.4 Å². The number of rotatable bonds is 5. The zero-order chi connectivity index (χ0) is 16.7. The number of nitrogens with one attached hydrogen (secondary N) is 2. The summed E-state index contributed by atoms with van der Waals surface area (Å²) in [6.07, 6.45) is 0.916. The van der Waals surface area contributed by atoms with Gasteiger partial charge in [-0.1, -0.05) is 24.3 Å². The van der Waals surface area contributed by atoms with Crippen LogP contribution in [-0.4, -0.2) is 56.7 Å². The average Bonchev–Trinajstić information content (AvgIpc) is 2.58. The quantitative estimate of drug-likeness (QED) is 0.622. The standard InChI is InChI=1S/C17H26N4O2/c1-13(12-23-3)20-17(18-2)19-10-16(22)21-9-8-14-6-4-5-7-15(14)11-21/h4-7,13H,8-12H2,1-3H3,(H2,18,19,20).